The van der Waals surface area contributed by atoms with Gasteiger partial charge >= 0.3 is 0 Å². The van der Waals surface area contributed by atoms with E-state index in [-0.39, 0.29) is 5.28 Å². The average molecular weight is 455 g/mol. The summed E-state index contributed by atoms with van der Waals surface area (Å²) in [5.41, 5.74) is 3.33. The van der Waals surface area contributed by atoms with Crippen molar-refractivity contribution in [1.29, 1.82) is 0 Å². The van der Waals surface area contributed by atoms with Gasteiger partial charge in [-0.05, 0) is 60.3 Å². The van der Waals surface area contributed by atoms with Crippen LogP contribution >= 0.6 is 22.9 Å². The molecule has 0 N–H and O–H groups in total. The summed E-state index contributed by atoms with van der Waals surface area (Å²) in [6.07, 6.45) is 4.50. The number of fused-ring (bicyclic) bond motifs is 1. The summed E-state index contributed by atoms with van der Waals surface area (Å²) in [6, 6.07) is 10.00. The van der Waals surface area contributed by atoms with E-state index in [2.05, 4.69) is 26.8 Å². The third kappa shape index (κ3) is 4.29. The van der Waals surface area contributed by atoms with Crippen molar-refractivity contribution in [2.45, 2.75) is 13.3 Å². The summed E-state index contributed by atoms with van der Waals surface area (Å²) >= 11 is 7.91. The predicted octanol–water partition coefficient (Wildman–Crippen LogP) is 5.41. The fraction of sp³-hybridized carbons (Fsp3) is 0.261. The van der Waals surface area contributed by atoms with Crippen LogP contribution in [0.1, 0.15) is 10.4 Å². The van der Waals surface area contributed by atoms with Gasteiger partial charge in [0.05, 0.1) is 19.6 Å². The fourth-order valence-electron chi connectivity index (χ4n) is 3.64. The van der Waals surface area contributed by atoms with E-state index < -0.39 is 0 Å². The molecule has 8 heteroatoms. The lowest BCUT2D eigenvalue weighted by molar-refractivity contribution is 0.355. The van der Waals surface area contributed by atoms with Crippen molar-refractivity contribution in [3.8, 4) is 22.6 Å². The number of benzene rings is 1. The maximum Gasteiger partial charge on any atom is 0.225 e. The highest BCUT2D eigenvalue weighted by Crippen LogP contribution is 2.44. The molecule has 0 saturated carbocycles. The molecule has 0 aliphatic heterocycles. The monoisotopic (exact) mass is 454 g/mol. The van der Waals surface area contributed by atoms with Gasteiger partial charge in [-0.25, -0.2) is 4.98 Å². The number of methoxy groups -OCH3 is 2. The van der Waals surface area contributed by atoms with Crippen molar-refractivity contribution in [3.05, 3.63) is 58.4 Å². The normalized spacial score (nSPS) is 11.0. The van der Waals surface area contributed by atoms with Crippen molar-refractivity contribution < 1.29 is 9.47 Å². The lowest BCUT2D eigenvalue weighted by Crippen LogP contribution is -2.22. The Bertz CT molecular complexity index is 1210. The zero-order valence-electron chi connectivity index (χ0n) is 17.8. The Hall–Kier alpha value is -2.90. The number of aromatic nitrogens is 3. The van der Waals surface area contributed by atoms with E-state index in [4.69, 9.17) is 21.1 Å². The average Bonchev–Trinajstić information content (AvgIpc) is 3.12. The molecule has 0 aliphatic rings. The molecule has 3 aromatic heterocycles. The zero-order chi connectivity index (χ0) is 22.0. The van der Waals surface area contributed by atoms with Gasteiger partial charge in [-0.2, -0.15) is 4.98 Å². The van der Waals surface area contributed by atoms with E-state index in [1.807, 2.05) is 49.8 Å². The highest BCUT2D eigenvalue weighted by atomic mass is 35.5. The number of aryl methyl sites for hydroxylation is 1. The third-order valence-electron chi connectivity index (χ3n) is 5.20. The molecule has 0 fully saturated rings. The van der Waals surface area contributed by atoms with Gasteiger partial charge in [-0.3, -0.25) is 4.98 Å². The molecule has 0 atom stereocenters. The molecule has 0 bridgehead atoms. The van der Waals surface area contributed by atoms with Gasteiger partial charge in [0.15, 0.2) is 11.5 Å². The fourth-order valence-corrected chi connectivity index (χ4v) is 4.89. The van der Waals surface area contributed by atoms with Crippen LogP contribution in [-0.2, 0) is 6.42 Å². The van der Waals surface area contributed by atoms with Gasteiger partial charge in [-0.15, -0.1) is 11.3 Å². The van der Waals surface area contributed by atoms with Crippen LogP contribution in [0.3, 0.4) is 0 Å². The molecule has 1 aromatic carbocycles. The summed E-state index contributed by atoms with van der Waals surface area (Å²) in [7, 11) is 5.31. The standard InChI is InChI=1S/C23H23ClN4O2S/c1-14-19(16-5-6-17(29-3)18(13-16)30-4)20-21(26-23(24)27-22(20)31-14)28(2)12-9-15-7-10-25-11-8-15/h5-8,10-11,13H,9,12H2,1-4H3. The van der Waals surface area contributed by atoms with Crippen LogP contribution in [0.5, 0.6) is 11.5 Å². The van der Waals surface area contributed by atoms with Crippen molar-refractivity contribution in [2.75, 3.05) is 32.7 Å². The molecule has 0 spiro atoms. The topological polar surface area (TPSA) is 60.4 Å². The van der Waals surface area contributed by atoms with Gasteiger partial charge in [0, 0.05) is 36.4 Å². The van der Waals surface area contributed by atoms with Crippen molar-refractivity contribution >= 4 is 39.0 Å². The summed E-state index contributed by atoms with van der Waals surface area (Å²) in [6.45, 7) is 2.87. The molecule has 160 valence electrons. The number of nitrogens with zero attached hydrogens (tertiary/aromatic N) is 4. The summed E-state index contributed by atoms with van der Waals surface area (Å²) < 4.78 is 10.9. The summed E-state index contributed by atoms with van der Waals surface area (Å²) in [5, 5.41) is 1.25. The maximum atomic E-state index is 6.29. The number of thiophene rings is 1. The highest BCUT2D eigenvalue weighted by Gasteiger charge is 2.21. The molecule has 6 nitrogen and oxygen atoms in total. The smallest absolute Gasteiger partial charge is 0.225 e. The van der Waals surface area contributed by atoms with Gasteiger partial charge in [0.2, 0.25) is 5.28 Å². The molecule has 0 amide bonds. The number of likely N-dealkylation sites (N-methyl/N-ethyl adjacent to an activating group) is 1. The number of ether oxygens (including phenoxy) is 2. The zero-order valence-corrected chi connectivity index (χ0v) is 19.4. The first kappa shape index (κ1) is 21.3. The van der Waals surface area contributed by atoms with E-state index in [9.17, 15) is 0 Å². The van der Waals surface area contributed by atoms with Crippen LogP contribution in [0.15, 0.2) is 42.7 Å². The second-order valence-corrected chi connectivity index (χ2v) is 8.67. The second kappa shape index (κ2) is 9.08. The molecule has 0 radical (unpaired) electrons. The SMILES string of the molecule is COc1ccc(-c2c(C)sc3nc(Cl)nc(N(C)CCc4ccncc4)c23)cc1OC. The molecule has 4 aromatic rings. The van der Waals surface area contributed by atoms with Gasteiger partial charge in [-0.1, -0.05) is 6.07 Å². The summed E-state index contributed by atoms with van der Waals surface area (Å²) in [5.74, 6) is 2.19. The Morgan fingerprint density at radius 3 is 2.48 bits per heavy atom. The van der Waals surface area contributed by atoms with E-state index in [0.717, 1.165) is 45.0 Å². The van der Waals surface area contributed by atoms with Crippen LogP contribution in [0.2, 0.25) is 5.28 Å². The molecule has 0 unspecified atom stereocenters. The quantitative estimate of drug-likeness (QED) is 0.348. The number of pyridine rings is 1. The molecular weight excluding hydrogens is 432 g/mol. The predicted molar refractivity (Wildman–Crippen MR) is 127 cm³/mol. The maximum absolute atomic E-state index is 6.29. The van der Waals surface area contributed by atoms with Crippen molar-refractivity contribution in [1.82, 2.24) is 15.0 Å². The molecule has 4 rings (SSSR count). The van der Waals surface area contributed by atoms with Crippen LogP contribution < -0.4 is 14.4 Å². The minimum atomic E-state index is 0.248. The largest absolute Gasteiger partial charge is 0.493 e. The lowest BCUT2D eigenvalue weighted by Gasteiger charge is -2.20. The van der Waals surface area contributed by atoms with E-state index in [0.29, 0.717) is 11.5 Å². The molecular formula is C23H23ClN4O2S. The van der Waals surface area contributed by atoms with E-state index >= 15 is 0 Å². The Labute approximate surface area is 190 Å². The second-order valence-electron chi connectivity index (χ2n) is 7.13. The first-order valence-corrected chi connectivity index (χ1v) is 11.0. The van der Waals surface area contributed by atoms with Gasteiger partial charge in [0.25, 0.3) is 0 Å². The number of anilines is 1. The molecule has 0 saturated heterocycles. The Morgan fingerprint density at radius 1 is 1.03 bits per heavy atom. The first-order valence-electron chi connectivity index (χ1n) is 9.81. The van der Waals surface area contributed by atoms with Crippen LogP contribution in [-0.4, -0.2) is 42.8 Å². The minimum Gasteiger partial charge on any atom is -0.493 e. The highest BCUT2D eigenvalue weighted by molar-refractivity contribution is 7.19. The minimum absolute atomic E-state index is 0.248. The number of rotatable bonds is 7. The van der Waals surface area contributed by atoms with Gasteiger partial charge in [0.1, 0.15) is 10.6 Å². The number of hydrogen-bond donors (Lipinski definition) is 0. The molecule has 3 heterocycles. The van der Waals surface area contributed by atoms with E-state index in [1.165, 1.54) is 5.56 Å². The molecule has 31 heavy (non-hydrogen) atoms. The first-order chi connectivity index (χ1) is 15.0. The third-order valence-corrected chi connectivity index (χ3v) is 6.37. The Morgan fingerprint density at radius 2 is 1.77 bits per heavy atom. The lowest BCUT2D eigenvalue weighted by atomic mass is 10.0. The van der Waals surface area contributed by atoms with Crippen LogP contribution in [0, 0.1) is 6.92 Å². The Kier molecular flexibility index (Phi) is 6.25. The molecule has 0 aliphatic carbocycles. The van der Waals surface area contributed by atoms with Crippen LogP contribution in [0.4, 0.5) is 5.82 Å². The number of halogens is 1. The summed E-state index contributed by atoms with van der Waals surface area (Å²) in [4.78, 5) is 17.3. The van der Waals surface area contributed by atoms with Crippen molar-refractivity contribution in [3.63, 3.8) is 0 Å². The number of hydrogen-bond acceptors (Lipinski definition) is 7. The Balaban J connectivity index is 1.80. The van der Waals surface area contributed by atoms with E-state index in [1.54, 1.807) is 25.6 Å². The van der Waals surface area contributed by atoms with Crippen LogP contribution in [0.25, 0.3) is 21.3 Å². The van der Waals surface area contributed by atoms with Gasteiger partial charge < -0.3 is 14.4 Å². The van der Waals surface area contributed by atoms with Crippen molar-refractivity contribution in [2.24, 2.45) is 0 Å².